The molecule has 0 aliphatic carbocycles. The van der Waals surface area contributed by atoms with E-state index in [1.807, 2.05) is 18.7 Å². The molecule has 1 unspecified atom stereocenters. The molecule has 1 atom stereocenters. The number of halogens is 2. The largest absolute Gasteiger partial charge is 0.309 e. The first-order valence-electron chi connectivity index (χ1n) is 5.59. The van der Waals surface area contributed by atoms with E-state index in [0.29, 0.717) is 5.02 Å². The third-order valence-corrected chi connectivity index (χ3v) is 4.39. The van der Waals surface area contributed by atoms with Gasteiger partial charge in [0.05, 0.1) is 0 Å². The van der Waals surface area contributed by atoms with Crippen LogP contribution >= 0.6 is 23.4 Å². The molecule has 1 nitrogen and oxygen atoms in total. The van der Waals surface area contributed by atoms with Gasteiger partial charge in [-0.3, -0.25) is 0 Å². The summed E-state index contributed by atoms with van der Waals surface area (Å²) < 4.78 is 13.1. The lowest BCUT2D eigenvalue weighted by molar-refractivity contribution is 0.521. The molecule has 0 aliphatic heterocycles. The third kappa shape index (κ3) is 4.49. The molecule has 0 radical (unpaired) electrons. The molecule has 0 aromatic heterocycles. The maximum atomic E-state index is 12.9. The Bertz CT molecular complexity index is 382. The molecule has 0 spiro atoms. The van der Waals surface area contributed by atoms with Crippen molar-refractivity contribution < 1.29 is 4.39 Å². The van der Waals surface area contributed by atoms with E-state index in [1.54, 1.807) is 6.07 Å². The highest BCUT2D eigenvalue weighted by atomic mass is 35.5. The molecule has 4 heteroatoms. The van der Waals surface area contributed by atoms with E-state index in [-0.39, 0.29) is 16.6 Å². The zero-order valence-electron chi connectivity index (χ0n) is 10.7. The van der Waals surface area contributed by atoms with Crippen molar-refractivity contribution in [3.63, 3.8) is 0 Å². The predicted octanol–water partition coefficient (Wildman–Crippen LogP) is 4.27. The van der Waals surface area contributed by atoms with Gasteiger partial charge in [-0.05, 0) is 44.7 Å². The van der Waals surface area contributed by atoms with Gasteiger partial charge in [0.25, 0.3) is 0 Å². The summed E-state index contributed by atoms with van der Waals surface area (Å²) in [6, 6.07) is 4.66. The first-order chi connectivity index (χ1) is 7.85. The van der Waals surface area contributed by atoms with Crippen molar-refractivity contribution in [1.29, 1.82) is 0 Å². The summed E-state index contributed by atoms with van der Waals surface area (Å²) in [6.07, 6.45) is 2.09. The highest BCUT2D eigenvalue weighted by Gasteiger charge is 2.18. The number of nitrogens with one attached hydrogen (secondary N) is 1. The van der Waals surface area contributed by atoms with Gasteiger partial charge in [0, 0.05) is 22.4 Å². The quantitative estimate of drug-likeness (QED) is 0.861. The normalized spacial score (nSPS) is 13.8. The van der Waals surface area contributed by atoms with E-state index in [1.165, 1.54) is 12.1 Å². The number of hydrogen-bond acceptors (Lipinski definition) is 2. The van der Waals surface area contributed by atoms with Gasteiger partial charge in [-0.15, -0.1) is 0 Å². The Morgan fingerprint density at radius 1 is 1.47 bits per heavy atom. The minimum atomic E-state index is -0.296. The molecule has 0 saturated carbocycles. The van der Waals surface area contributed by atoms with E-state index >= 15 is 0 Å². The van der Waals surface area contributed by atoms with Crippen LogP contribution in [0.2, 0.25) is 5.02 Å². The zero-order chi connectivity index (χ0) is 13.1. The molecule has 0 saturated heterocycles. The van der Waals surface area contributed by atoms with E-state index in [2.05, 4.69) is 25.4 Å². The van der Waals surface area contributed by atoms with Gasteiger partial charge in [0.1, 0.15) is 5.82 Å². The number of hydrogen-bond donors (Lipinski definition) is 1. The smallest absolute Gasteiger partial charge is 0.124 e. The van der Waals surface area contributed by atoms with Gasteiger partial charge in [0.15, 0.2) is 0 Å². The van der Waals surface area contributed by atoms with Gasteiger partial charge in [-0.1, -0.05) is 17.7 Å². The van der Waals surface area contributed by atoms with Crippen molar-refractivity contribution in [3.05, 3.63) is 34.6 Å². The first kappa shape index (κ1) is 14.8. The van der Waals surface area contributed by atoms with Crippen LogP contribution in [-0.2, 0) is 0 Å². The molecular formula is C13H19ClFNS. The Kier molecular flexibility index (Phi) is 5.29. The molecule has 96 valence electrons. The van der Waals surface area contributed by atoms with Crippen molar-refractivity contribution in [2.24, 2.45) is 0 Å². The molecular weight excluding hydrogens is 257 g/mol. The lowest BCUT2D eigenvalue weighted by Gasteiger charge is -2.25. The van der Waals surface area contributed by atoms with Crippen LogP contribution in [0.5, 0.6) is 0 Å². The summed E-state index contributed by atoms with van der Waals surface area (Å²) in [6.45, 7) is 7.28. The zero-order valence-corrected chi connectivity index (χ0v) is 12.3. The van der Waals surface area contributed by atoms with Crippen LogP contribution in [-0.4, -0.2) is 17.5 Å². The molecule has 0 aliphatic rings. The van der Waals surface area contributed by atoms with Gasteiger partial charge in [-0.2, -0.15) is 11.8 Å². The number of thioether (sulfide) groups is 1. The van der Waals surface area contributed by atoms with E-state index in [9.17, 15) is 4.39 Å². The maximum absolute atomic E-state index is 12.9. The van der Waals surface area contributed by atoms with Gasteiger partial charge < -0.3 is 5.32 Å². The summed E-state index contributed by atoms with van der Waals surface area (Å²) in [7, 11) is 0. The Balaban J connectivity index is 2.67. The second-order valence-corrected chi connectivity index (χ2v) is 6.65. The van der Waals surface area contributed by atoms with Crippen molar-refractivity contribution >= 4 is 23.4 Å². The van der Waals surface area contributed by atoms with Crippen molar-refractivity contribution in [3.8, 4) is 0 Å². The van der Waals surface area contributed by atoms with Crippen LogP contribution in [0.4, 0.5) is 4.39 Å². The Hall–Kier alpha value is -0.250. The van der Waals surface area contributed by atoms with Crippen LogP contribution in [0.15, 0.2) is 18.2 Å². The third-order valence-electron chi connectivity index (χ3n) is 2.82. The molecule has 17 heavy (non-hydrogen) atoms. The van der Waals surface area contributed by atoms with Crippen LogP contribution < -0.4 is 5.32 Å². The molecule has 0 bridgehead atoms. The minimum absolute atomic E-state index is 0.120. The Morgan fingerprint density at radius 2 is 2.12 bits per heavy atom. The molecule has 1 N–H and O–H groups in total. The Labute approximate surface area is 112 Å². The van der Waals surface area contributed by atoms with Crippen molar-refractivity contribution in [2.45, 2.75) is 31.6 Å². The van der Waals surface area contributed by atoms with Gasteiger partial charge in [0.2, 0.25) is 0 Å². The molecule has 0 heterocycles. The lowest BCUT2D eigenvalue weighted by atomic mass is 10.1. The Morgan fingerprint density at radius 3 is 2.65 bits per heavy atom. The average Bonchev–Trinajstić information content (AvgIpc) is 2.26. The second-order valence-electron chi connectivity index (χ2n) is 4.73. The fraction of sp³-hybridized carbons (Fsp3) is 0.538. The molecule has 1 rings (SSSR count). The topological polar surface area (TPSA) is 12.0 Å². The maximum Gasteiger partial charge on any atom is 0.124 e. The fourth-order valence-corrected chi connectivity index (χ4v) is 1.99. The molecule has 0 amide bonds. The van der Waals surface area contributed by atoms with Gasteiger partial charge >= 0.3 is 0 Å². The summed E-state index contributed by atoms with van der Waals surface area (Å²) >= 11 is 7.84. The summed E-state index contributed by atoms with van der Waals surface area (Å²) in [4.78, 5) is 0. The standard InChI is InChI=1S/C13H19ClFNS/c1-9(16-8-13(2,3)17-4)11-6-5-10(15)7-12(11)14/h5-7,9,16H,8H2,1-4H3. The van der Waals surface area contributed by atoms with Crippen LogP contribution in [0, 0.1) is 5.82 Å². The average molecular weight is 276 g/mol. The molecule has 1 aromatic carbocycles. The molecule has 1 aromatic rings. The van der Waals surface area contributed by atoms with Crippen LogP contribution in [0.3, 0.4) is 0 Å². The monoisotopic (exact) mass is 275 g/mol. The van der Waals surface area contributed by atoms with Crippen LogP contribution in [0.1, 0.15) is 32.4 Å². The summed E-state index contributed by atoms with van der Waals surface area (Å²) in [5, 5.41) is 3.90. The van der Waals surface area contributed by atoms with Crippen LogP contribution in [0.25, 0.3) is 0 Å². The second kappa shape index (κ2) is 6.07. The van der Waals surface area contributed by atoms with E-state index in [0.717, 1.165) is 12.1 Å². The minimum Gasteiger partial charge on any atom is -0.309 e. The predicted molar refractivity (Wildman–Crippen MR) is 75.4 cm³/mol. The number of benzene rings is 1. The highest BCUT2D eigenvalue weighted by Crippen LogP contribution is 2.25. The highest BCUT2D eigenvalue weighted by molar-refractivity contribution is 7.99. The van der Waals surface area contributed by atoms with E-state index < -0.39 is 0 Å². The van der Waals surface area contributed by atoms with Crippen molar-refractivity contribution in [2.75, 3.05) is 12.8 Å². The van der Waals surface area contributed by atoms with Crippen molar-refractivity contribution in [1.82, 2.24) is 5.32 Å². The summed E-state index contributed by atoms with van der Waals surface area (Å²) in [5.74, 6) is -0.296. The number of rotatable bonds is 5. The lowest BCUT2D eigenvalue weighted by Crippen LogP contribution is -2.33. The van der Waals surface area contributed by atoms with Gasteiger partial charge in [-0.25, -0.2) is 4.39 Å². The summed E-state index contributed by atoms with van der Waals surface area (Å²) in [5.41, 5.74) is 0.935. The van der Waals surface area contributed by atoms with E-state index in [4.69, 9.17) is 11.6 Å². The SMILES string of the molecule is CSC(C)(C)CNC(C)c1ccc(F)cc1Cl. The fourth-order valence-electron chi connectivity index (χ4n) is 1.43. The first-order valence-corrected chi connectivity index (χ1v) is 7.19. The molecule has 0 fully saturated rings.